The Labute approximate surface area is 164 Å². The van der Waals surface area contributed by atoms with Crippen molar-refractivity contribution in [2.24, 2.45) is 0 Å². The maximum atomic E-state index is 12.3. The molecule has 0 saturated carbocycles. The summed E-state index contributed by atoms with van der Waals surface area (Å²) in [6, 6.07) is 15.4. The van der Waals surface area contributed by atoms with Gasteiger partial charge in [-0.15, -0.1) is 10.2 Å². The average Bonchev–Trinajstić information content (AvgIpc) is 2.69. The minimum atomic E-state index is -0.534. The Morgan fingerprint density at radius 1 is 1.21 bits per heavy atom. The first kappa shape index (κ1) is 19.1. The number of nitriles is 1. The molecule has 3 rings (SSSR count). The van der Waals surface area contributed by atoms with Crippen LogP contribution in [0.15, 0.2) is 58.5 Å². The molecule has 3 aromatic rings. The third kappa shape index (κ3) is 4.36. The summed E-state index contributed by atoms with van der Waals surface area (Å²) in [5, 5.41) is 19.2. The van der Waals surface area contributed by atoms with Gasteiger partial charge in [-0.2, -0.15) is 5.26 Å². The molecule has 28 heavy (non-hydrogen) atoms. The van der Waals surface area contributed by atoms with E-state index in [0.29, 0.717) is 22.5 Å². The number of amides is 1. The van der Waals surface area contributed by atoms with Crippen molar-refractivity contribution in [2.45, 2.75) is 17.3 Å². The summed E-state index contributed by atoms with van der Waals surface area (Å²) in [4.78, 5) is 27.3. The van der Waals surface area contributed by atoms with Crippen molar-refractivity contribution in [3.05, 3.63) is 64.4 Å². The van der Waals surface area contributed by atoms with E-state index in [2.05, 4.69) is 20.5 Å². The second-order valence-corrected chi connectivity index (χ2v) is 7.16. The van der Waals surface area contributed by atoms with E-state index in [0.717, 1.165) is 11.8 Å². The van der Waals surface area contributed by atoms with Gasteiger partial charge in [-0.05, 0) is 37.3 Å². The number of hydrogen-bond acceptors (Lipinski definition) is 7. The molecule has 8 nitrogen and oxygen atoms in total. The summed E-state index contributed by atoms with van der Waals surface area (Å²) < 4.78 is 0. The van der Waals surface area contributed by atoms with Crippen LogP contribution in [-0.2, 0) is 4.79 Å². The smallest absolute Gasteiger partial charge is 0.278 e. The normalized spacial score (nSPS) is 11.4. The first-order valence-corrected chi connectivity index (χ1v) is 9.15. The number of thioether (sulfide) groups is 1. The second kappa shape index (κ2) is 8.37. The highest BCUT2D eigenvalue weighted by Crippen LogP contribution is 2.22. The summed E-state index contributed by atoms with van der Waals surface area (Å²) in [5.41, 5.74) is 7.57. The van der Waals surface area contributed by atoms with E-state index in [4.69, 9.17) is 11.0 Å². The Hall–Kier alpha value is -3.64. The lowest BCUT2D eigenvalue weighted by molar-refractivity contribution is -0.115. The zero-order valence-electron chi connectivity index (χ0n) is 14.8. The molecule has 0 bridgehead atoms. The Bertz CT molecular complexity index is 1100. The van der Waals surface area contributed by atoms with Gasteiger partial charge in [-0.1, -0.05) is 30.0 Å². The van der Waals surface area contributed by atoms with Gasteiger partial charge in [0.15, 0.2) is 10.9 Å². The lowest BCUT2D eigenvalue weighted by Gasteiger charge is -2.11. The Morgan fingerprint density at radius 3 is 2.57 bits per heavy atom. The van der Waals surface area contributed by atoms with E-state index in [1.165, 1.54) is 0 Å². The quantitative estimate of drug-likeness (QED) is 0.448. The number of benzene rings is 2. The molecule has 140 valence electrons. The summed E-state index contributed by atoms with van der Waals surface area (Å²) in [6.07, 6.45) is 0. The number of aromatic nitrogens is 3. The predicted molar refractivity (Wildman–Crippen MR) is 108 cm³/mol. The van der Waals surface area contributed by atoms with E-state index in [-0.39, 0.29) is 16.8 Å². The number of anilines is 2. The Kier molecular flexibility index (Phi) is 5.72. The molecular weight excluding hydrogens is 376 g/mol. The van der Waals surface area contributed by atoms with Gasteiger partial charge in [0, 0.05) is 16.9 Å². The number of rotatable bonds is 5. The van der Waals surface area contributed by atoms with Gasteiger partial charge >= 0.3 is 0 Å². The minimum absolute atomic E-state index is 0.122. The fourth-order valence-electron chi connectivity index (χ4n) is 2.36. The van der Waals surface area contributed by atoms with Gasteiger partial charge in [0.05, 0.1) is 16.9 Å². The maximum absolute atomic E-state index is 12.3. The highest BCUT2D eigenvalue weighted by Gasteiger charge is 2.18. The topological polar surface area (TPSA) is 138 Å². The second-order valence-electron chi connectivity index (χ2n) is 5.83. The van der Waals surface area contributed by atoms with Gasteiger partial charge in [0.25, 0.3) is 5.56 Å². The molecule has 1 amide bonds. The molecule has 0 aliphatic heterocycles. The van der Waals surface area contributed by atoms with E-state index in [1.54, 1.807) is 55.5 Å². The molecule has 1 atom stereocenters. The maximum Gasteiger partial charge on any atom is 0.278 e. The third-order valence-corrected chi connectivity index (χ3v) is 4.81. The van der Waals surface area contributed by atoms with Crippen molar-refractivity contribution < 1.29 is 4.79 Å². The number of hydrogen-bond donors (Lipinski definition) is 3. The minimum Gasteiger partial charge on any atom is -0.398 e. The lowest BCUT2D eigenvalue weighted by atomic mass is 10.1. The van der Waals surface area contributed by atoms with Crippen LogP contribution < -0.4 is 16.6 Å². The van der Waals surface area contributed by atoms with E-state index < -0.39 is 10.8 Å². The van der Waals surface area contributed by atoms with Crippen LogP contribution in [0.3, 0.4) is 0 Å². The van der Waals surface area contributed by atoms with Crippen LogP contribution in [0.5, 0.6) is 0 Å². The van der Waals surface area contributed by atoms with Crippen LogP contribution in [0.1, 0.15) is 12.5 Å². The number of para-hydroxylation sites is 1. The molecular formula is C19H16N6O2S. The fourth-order valence-corrected chi connectivity index (χ4v) is 3.10. The van der Waals surface area contributed by atoms with Crippen molar-refractivity contribution >= 4 is 29.0 Å². The Balaban J connectivity index is 1.70. The third-order valence-electron chi connectivity index (χ3n) is 3.83. The number of H-pyrrole nitrogens is 1. The number of nitrogen functional groups attached to an aromatic ring is 1. The van der Waals surface area contributed by atoms with Gasteiger partial charge in [0.2, 0.25) is 5.91 Å². The highest BCUT2D eigenvalue weighted by atomic mass is 32.2. The molecule has 9 heteroatoms. The standard InChI is InChI=1S/C19H16N6O2S/c1-11(17(26)22-13-8-6-12(10-20)7-9-13)28-19-23-18(27)16(24-25-19)14-4-2-3-5-15(14)21/h2-9,11H,21H2,1H3,(H,22,26)(H,23,25,27)/t11-/m1/s1. The fraction of sp³-hybridized carbons (Fsp3) is 0.105. The van der Waals surface area contributed by atoms with Crippen LogP contribution in [0.25, 0.3) is 11.3 Å². The summed E-state index contributed by atoms with van der Waals surface area (Å²) in [5.74, 6) is -0.270. The zero-order valence-corrected chi connectivity index (χ0v) is 15.7. The predicted octanol–water partition coefficient (Wildman–Crippen LogP) is 2.41. The van der Waals surface area contributed by atoms with Gasteiger partial charge in [-0.3, -0.25) is 14.6 Å². The van der Waals surface area contributed by atoms with Crippen molar-refractivity contribution in [2.75, 3.05) is 11.1 Å². The molecule has 4 N–H and O–H groups in total. The van der Waals surface area contributed by atoms with Crippen LogP contribution in [-0.4, -0.2) is 26.3 Å². The summed E-state index contributed by atoms with van der Waals surface area (Å²) >= 11 is 1.08. The van der Waals surface area contributed by atoms with Crippen molar-refractivity contribution in [3.63, 3.8) is 0 Å². The lowest BCUT2D eigenvalue weighted by Crippen LogP contribution is -2.23. The van der Waals surface area contributed by atoms with E-state index in [9.17, 15) is 9.59 Å². The van der Waals surface area contributed by atoms with Crippen LogP contribution in [0, 0.1) is 11.3 Å². The molecule has 0 unspecified atom stereocenters. The highest BCUT2D eigenvalue weighted by molar-refractivity contribution is 8.00. The van der Waals surface area contributed by atoms with Gasteiger partial charge in [-0.25, -0.2) is 0 Å². The molecule has 0 aliphatic rings. The largest absolute Gasteiger partial charge is 0.398 e. The van der Waals surface area contributed by atoms with Crippen LogP contribution >= 0.6 is 11.8 Å². The monoisotopic (exact) mass is 392 g/mol. The number of carbonyl (C=O) groups is 1. The molecule has 2 aromatic carbocycles. The van der Waals surface area contributed by atoms with Gasteiger partial charge in [0.1, 0.15) is 0 Å². The molecule has 0 radical (unpaired) electrons. The number of nitrogens with two attached hydrogens (primary N) is 1. The summed E-state index contributed by atoms with van der Waals surface area (Å²) in [6.45, 7) is 1.69. The number of carbonyl (C=O) groups excluding carboxylic acids is 1. The SMILES string of the molecule is C[C@@H](Sc1nnc(-c2ccccc2N)c(=O)[nH]1)C(=O)Nc1ccc(C#N)cc1. The number of aromatic amines is 1. The van der Waals surface area contributed by atoms with Gasteiger partial charge < -0.3 is 11.1 Å². The zero-order chi connectivity index (χ0) is 20.1. The first-order valence-electron chi connectivity index (χ1n) is 8.27. The van der Waals surface area contributed by atoms with Crippen molar-refractivity contribution in [1.82, 2.24) is 15.2 Å². The molecule has 0 fully saturated rings. The average molecular weight is 392 g/mol. The van der Waals surface area contributed by atoms with E-state index in [1.807, 2.05) is 6.07 Å². The number of nitrogens with zero attached hydrogens (tertiary/aromatic N) is 3. The van der Waals surface area contributed by atoms with Crippen molar-refractivity contribution in [1.29, 1.82) is 5.26 Å². The summed E-state index contributed by atoms with van der Waals surface area (Å²) in [7, 11) is 0. The molecule has 0 saturated heterocycles. The van der Waals surface area contributed by atoms with Crippen LogP contribution in [0.4, 0.5) is 11.4 Å². The number of nitrogens with one attached hydrogen (secondary N) is 2. The first-order chi connectivity index (χ1) is 13.5. The van der Waals surface area contributed by atoms with E-state index >= 15 is 0 Å². The van der Waals surface area contributed by atoms with Crippen molar-refractivity contribution in [3.8, 4) is 17.3 Å². The molecule has 0 aliphatic carbocycles. The van der Waals surface area contributed by atoms with Crippen LogP contribution in [0.2, 0.25) is 0 Å². The molecule has 1 heterocycles. The molecule has 0 spiro atoms. The molecule has 1 aromatic heterocycles. The Morgan fingerprint density at radius 2 is 1.93 bits per heavy atom.